The van der Waals surface area contributed by atoms with E-state index in [0.717, 1.165) is 51.6 Å². The highest BCUT2D eigenvalue weighted by atomic mass is 16.8. The van der Waals surface area contributed by atoms with Crippen LogP contribution in [0, 0.1) is 46.3 Å². The van der Waals surface area contributed by atoms with Gasteiger partial charge in [-0.2, -0.15) is 0 Å². The zero-order valence-corrected chi connectivity index (χ0v) is 41.4. The highest BCUT2D eigenvalue weighted by Gasteiger charge is 2.69. The second-order valence-electron chi connectivity index (χ2n) is 23.6. The zero-order chi connectivity index (χ0) is 50.7. The van der Waals surface area contributed by atoms with Crippen LogP contribution in [0.4, 0.5) is 0 Å². The van der Waals surface area contributed by atoms with Crippen molar-refractivity contribution in [3.63, 3.8) is 0 Å². The number of rotatable bonds is 11. The zero-order valence-electron chi connectivity index (χ0n) is 41.4. The van der Waals surface area contributed by atoms with Gasteiger partial charge < -0.3 is 104 Å². The van der Waals surface area contributed by atoms with Crippen LogP contribution >= 0.6 is 0 Å². The van der Waals surface area contributed by atoms with Crippen molar-refractivity contribution in [1.29, 1.82) is 0 Å². The number of fused-ring (bicyclic) bond motifs is 7. The van der Waals surface area contributed by atoms with Crippen LogP contribution in [0.3, 0.4) is 0 Å². The summed E-state index contributed by atoms with van der Waals surface area (Å²) in [5, 5.41) is 119. The molecule has 3 saturated carbocycles. The molecule has 406 valence electrons. The van der Waals surface area contributed by atoms with Crippen LogP contribution in [-0.4, -0.2) is 217 Å². The van der Waals surface area contributed by atoms with Crippen LogP contribution in [0.15, 0.2) is 11.6 Å². The van der Waals surface area contributed by atoms with Crippen molar-refractivity contribution in [3.8, 4) is 0 Å². The third-order valence-corrected chi connectivity index (χ3v) is 19.5. The number of hydrogen-bond donors (Lipinski definition) is 11. The molecule has 0 aromatic carbocycles. The minimum atomic E-state index is -2.11. The number of allylic oxidation sites excluding steroid dienone is 1. The van der Waals surface area contributed by atoms with Gasteiger partial charge in [-0.25, -0.2) is 0 Å². The van der Waals surface area contributed by atoms with Gasteiger partial charge in [0.2, 0.25) is 0 Å². The van der Waals surface area contributed by atoms with Crippen LogP contribution in [0.5, 0.6) is 0 Å². The highest BCUT2D eigenvalue weighted by molar-refractivity contribution is 5.26. The van der Waals surface area contributed by atoms with Crippen molar-refractivity contribution in [2.24, 2.45) is 46.3 Å². The van der Waals surface area contributed by atoms with Gasteiger partial charge in [0, 0.05) is 12.3 Å². The smallest absolute Gasteiger partial charge is 0.187 e. The molecule has 0 aromatic heterocycles. The first-order valence-corrected chi connectivity index (χ1v) is 26.2. The fourth-order valence-corrected chi connectivity index (χ4v) is 15.2. The van der Waals surface area contributed by atoms with E-state index < -0.39 is 148 Å². The molecule has 10 aliphatic rings. The number of hydrogen-bond acceptors (Lipinski definition) is 21. The van der Waals surface area contributed by atoms with Gasteiger partial charge in [-0.1, -0.05) is 39.3 Å². The molecule has 6 aliphatic heterocycles. The monoisotopic (exact) mass is 1020 g/mol. The molecule has 11 N–H and O–H groups in total. The lowest BCUT2D eigenvalue weighted by atomic mass is 9.47. The van der Waals surface area contributed by atoms with E-state index >= 15 is 0 Å². The van der Waals surface area contributed by atoms with Crippen LogP contribution < -0.4 is 0 Å². The Labute approximate surface area is 414 Å². The van der Waals surface area contributed by atoms with Gasteiger partial charge in [-0.3, -0.25) is 0 Å². The van der Waals surface area contributed by atoms with E-state index in [2.05, 4.69) is 33.8 Å². The molecule has 0 bridgehead atoms. The SMILES string of the molecule is C[C@@H]1CC[C@@]2(OC1)OC1CC3C4CC=C5C[C@@H](O[C@@H]6O[C@H](CO)[C@@H](O[C@@H]7O[C@@H](C)[C@H](O)[C@@H](O[C@@H]8O[C@H](CO)[C@@H](O)[C@H](O)[C@H]8O)[C@H]7O)[C@H](O[C@@H]7OCC(O)(CO)[C@H]7O)[C@H]6O)CC[C@]5(C)C4CC[C@]3(C)C1[C@@H]2C. The van der Waals surface area contributed by atoms with Crippen molar-refractivity contribution in [2.75, 3.05) is 33.0 Å². The predicted octanol–water partition coefficient (Wildman–Crippen LogP) is -1.32. The van der Waals surface area contributed by atoms with Crippen molar-refractivity contribution < 1.29 is 104 Å². The van der Waals surface area contributed by atoms with Gasteiger partial charge in [0.1, 0.15) is 78.8 Å². The predicted molar refractivity (Wildman–Crippen MR) is 241 cm³/mol. The molecule has 0 amide bonds. The Balaban J connectivity index is 0.841. The molecule has 0 radical (unpaired) electrons. The normalized spacial score (nSPS) is 57.2. The summed E-state index contributed by atoms with van der Waals surface area (Å²) in [5.41, 5.74) is -0.687. The largest absolute Gasteiger partial charge is 0.394 e. The molecule has 0 aromatic rings. The second kappa shape index (κ2) is 20.0. The summed E-state index contributed by atoms with van der Waals surface area (Å²) in [4.78, 5) is 0. The Morgan fingerprint density at radius 2 is 1.35 bits per heavy atom. The molecule has 21 nitrogen and oxygen atoms in total. The third kappa shape index (κ3) is 8.92. The highest BCUT2D eigenvalue weighted by Crippen LogP contribution is 2.71. The number of ether oxygens (including phenoxy) is 10. The van der Waals surface area contributed by atoms with Crippen LogP contribution in [0.25, 0.3) is 0 Å². The van der Waals surface area contributed by atoms with Crippen molar-refractivity contribution in [2.45, 2.75) is 221 Å². The van der Waals surface area contributed by atoms with E-state index in [1.54, 1.807) is 0 Å². The molecule has 10 rings (SSSR count). The lowest BCUT2D eigenvalue weighted by Crippen LogP contribution is -2.67. The molecule has 4 aliphatic carbocycles. The van der Waals surface area contributed by atoms with Crippen molar-refractivity contribution in [3.05, 3.63) is 11.6 Å². The minimum Gasteiger partial charge on any atom is -0.394 e. The molecule has 9 fully saturated rings. The van der Waals surface area contributed by atoms with Gasteiger partial charge in [0.25, 0.3) is 0 Å². The minimum absolute atomic E-state index is 0.0578. The maximum Gasteiger partial charge on any atom is 0.187 e. The van der Waals surface area contributed by atoms with Gasteiger partial charge in [-0.05, 0) is 98.7 Å². The van der Waals surface area contributed by atoms with E-state index in [-0.39, 0.29) is 16.9 Å². The number of aliphatic hydroxyl groups is 11. The summed E-state index contributed by atoms with van der Waals surface area (Å²) < 4.78 is 61.6. The molecule has 1 spiro atoms. The van der Waals surface area contributed by atoms with Gasteiger partial charge >= 0.3 is 0 Å². The van der Waals surface area contributed by atoms with E-state index in [1.165, 1.54) is 12.5 Å². The summed E-state index contributed by atoms with van der Waals surface area (Å²) in [6, 6.07) is 0. The number of aliphatic hydroxyl groups excluding tert-OH is 10. The summed E-state index contributed by atoms with van der Waals surface area (Å²) in [5.74, 6) is 2.44. The third-order valence-electron chi connectivity index (χ3n) is 19.5. The molecule has 21 heteroatoms. The maximum absolute atomic E-state index is 12.2. The molecule has 6 heterocycles. The molecule has 29 atom stereocenters. The van der Waals surface area contributed by atoms with E-state index in [4.69, 9.17) is 47.4 Å². The van der Waals surface area contributed by atoms with Crippen molar-refractivity contribution in [1.82, 2.24) is 0 Å². The Morgan fingerprint density at radius 3 is 2.04 bits per heavy atom. The van der Waals surface area contributed by atoms with Gasteiger partial charge in [0.05, 0.1) is 51.3 Å². The summed E-state index contributed by atoms with van der Waals surface area (Å²) in [7, 11) is 0. The fourth-order valence-electron chi connectivity index (χ4n) is 15.2. The van der Waals surface area contributed by atoms with E-state index in [0.29, 0.717) is 48.3 Å². The van der Waals surface area contributed by atoms with Gasteiger partial charge in [-0.15, -0.1) is 0 Å². The molecular formula is C50H80O21. The summed E-state index contributed by atoms with van der Waals surface area (Å²) >= 11 is 0. The first-order valence-electron chi connectivity index (χ1n) is 26.2. The van der Waals surface area contributed by atoms with Gasteiger partial charge in [0.15, 0.2) is 30.9 Å². The Kier molecular flexibility index (Phi) is 15.0. The summed E-state index contributed by atoms with van der Waals surface area (Å²) in [6.07, 6.45) is -16.9. The fraction of sp³-hybridized carbons (Fsp3) is 0.960. The molecule has 6 saturated heterocycles. The van der Waals surface area contributed by atoms with Crippen molar-refractivity contribution >= 4 is 0 Å². The second-order valence-corrected chi connectivity index (χ2v) is 23.6. The van der Waals surface area contributed by atoms with Crippen LogP contribution in [0.2, 0.25) is 0 Å². The molecular weight excluding hydrogens is 937 g/mol. The quantitative estimate of drug-likeness (QED) is 0.107. The lowest BCUT2D eigenvalue weighted by Gasteiger charge is -2.58. The lowest BCUT2D eigenvalue weighted by molar-refractivity contribution is -0.387. The average molecular weight is 1020 g/mol. The topological polar surface area (TPSA) is 315 Å². The molecule has 71 heavy (non-hydrogen) atoms. The standard InChI is InChI=1S/C50H80O21/c1-21-8-13-50(63-18-21)22(2)32-29(71-50)15-28-26-7-6-24-14-25(9-11-47(24,4)27(26)10-12-48(28,32)5)65-45-38(59)41(70-46-42(60)49(61,19-53)20-62-46)39(31(17-52)67-45)68-44-37(58)40(33(54)23(3)64-44)69-43-36(57)35(56)34(55)30(16-51)66-43/h6,21-23,25-46,51-61H,7-20H2,1-5H3/t21-,22+,23+,25+,26?,27?,28?,29?,30-,31-,32?,33+,34-,35+,36-,37-,38-,39-,40-,41-,42+,43+,44+,45-,46+,47+,48+,49?,50-/m1/s1. The first-order chi connectivity index (χ1) is 33.7. The first kappa shape index (κ1) is 53.3. The Morgan fingerprint density at radius 1 is 0.676 bits per heavy atom. The summed E-state index contributed by atoms with van der Waals surface area (Å²) in [6.45, 7) is 8.82. The Bertz CT molecular complexity index is 1890. The van der Waals surface area contributed by atoms with Crippen LogP contribution in [-0.2, 0) is 47.4 Å². The molecule has 6 unspecified atom stereocenters. The Hall–Kier alpha value is -1.10. The average Bonchev–Trinajstić information content (AvgIpc) is 3.92. The van der Waals surface area contributed by atoms with E-state index in [1.807, 2.05) is 0 Å². The van der Waals surface area contributed by atoms with E-state index in [9.17, 15) is 56.2 Å². The van der Waals surface area contributed by atoms with Crippen LogP contribution in [0.1, 0.15) is 92.4 Å². The maximum atomic E-state index is 12.2.